The molecule has 0 N–H and O–H groups in total. The first kappa shape index (κ1) is 30.7. The van der Waals surface area contributed by atoms with E-state index in [-0.39, 0.29) is 5.41 Å². The summed E-state index contributed by atoms with van der Waals surface area (Å²) in [5.41, 5.74) is 15.1. The Balaban J connectivity index is 1.01. The van der Waals surface area contributed by atoms with Crippen LogP contribution >= 0.6 is 0 Å². The van der Waals surface area contributed by atoms with Gasteiger partial charge in [0.1, 0.15) is 16.7 Å². The summed E-state index contributed by atoms with van der Waals surface area (Å²) in [7, 11) is 0. The summed E-state index contributed by atoms with van der Waals surface area (Å²) in [5.74, 6) is 0.637. The van der Waals surface area contributed by atoms with Crippen LogP contribution in [0.25, 0.3) is 77.5 Å². The van der Waals surface area contributed by atoms with E-state index >= 15 is 0 Å². The number of oxazole rings is 1. The van der Waals surface area contributed by atoms with Gasteiger partial charge in [-0.1, -0.05) is 105 Å². The number of fused-ring (bicyclic) bond motifs is 9. The predicted octanol–water partition coefficient (Wildman–Crippen LogP) is 14.0. The maximum Gasteiger partial charge on any atom is 0.227 e. The van der Waals surface area contributed by atoms with Crippen molar-refractivity contribution in [2.75, 3.05) is 4.90 Å². The third-order valence-electron chi connectivity index (χ3n) is 11.3. The number of hydrogen-bond donors (Lipinski definition) is 0. The van der Waals surface area contributed by atoms with Crippen LogP contribution in [0.4, 0.5) is 17.1 Å². The van der Waals surface area contributed by atoms with Gasteiger partial charge in [0.15, 0.2) is 5.58 Å². The number of aromatic nitrogens is 1. The van der Waals surface area contributed by atoms with Gasteiger partial charge < -0.3 is 13.7 Å². The molecule has 2 heterocycles. The van der Waals surface area contributed by atoms with Crippen molar-refractivity contribution < 1.29 is 8.83 Å². The quantitative estimate of drug-likeness (QED) is 0.180. The Labute approximate surface area is 312 Å². The van der Waals surface area contributed by atoms with Crippen LogP contribution in [0.2, 0.25) is 0 Å². The van der Waals surface area contributed by atoms with Crippen LogP contribution in [0.1, 0.15) is 25.0 Å². The number of para-hydroxylation sites is 1. The van der Waals surface area contributed by atoms with Gasteiger partial charge in [-0.15, -0.1) is 0 Å². The maximum absolute atomic E-state index is 6.39. The Morgan fingerprint density at radius 1 is 0.463 bits per heavy atom. The molecule has 10 aromatic rings. The van der Waals surface area contributed by atoms with Gasteiger partial charge in [0.25, 0.3) is 0 Å². The molecule has 4 nitrogen and oxygen atoms in total. The molecule has 0 saturated heterocycles. The number of nitrogens with zero attached hydrogens (tertiary/aromatic N) is 2. The number of benzene rings is 8. The van der Waals surface area contributed by atoms with Gasteiger partial charge in [0.05, 0.1) is 0 Å². The van der Waals surface area contributed by atoms with Crippen LogP contribution in [0.3, 0.4) is 0 Å². The molecule has 0 amide bonds. The fourth-order valence-electron chi connectivity index (χ4n) is 8.53. The molecule has 0 atom stereocenters. The molecule has 1 aliphatic rings. The zero-order valence-corrected chi connectivity index (χ0v) is 29.9. The van der Waals surface area contributed by atoms with Crippen molar-refractivity contribution >= 4 is 60.9 Å². The first-order valence-corrected chi connectivity index (χ1v) is 18.4. The van der Waals surface area contributed by atoms with Gasteiger partial charge in [0.2, 0.25) is 5.89 Å². The SMILES string of the molecule is CC1(C)c2ccccc2-c2ccc(N(c3ccc(-c4ccc5c(ccc6nc(-c7ccccc7)oc65)c4)cc3)c3ccc4c(c3)oc3ccccc34)cc21. The molecule has 0 aliphatic heterocycles. The molecule has 0 unspecified atom stereocenters. The molecule has 54 heavy (non-hydrogen) atoms. The monoisotopic (exact) mass is 694 g/mol. The normalized spacial score (nSPS) is 13.1. The van der Waals surface area contributed by atoms with Gasteiger partial charge in [-0.3, -0.25) is 0 Å². The lowest BCUT2D eigenvalue weighted by molar-refractivity contribution is 0.623. The lowest BCUT2D eigenvalue weighted by Crippen LogP contribution is -2.16. The van der Waals surface area contributed by atoms with Crippen LogP contribution in [0, 0.1) is 0 Å². The average molecular weight is 695 g/mol. The largest absolute Gasteiger partial charge is 0.456 e. The lowest BCUT2D eigenvalue weighted by Gasteiger charge is -2.28. The summed E-state index contributed by atoms with van der Waals surface area (Å²) < 4.78 is 12.7. The first-order valence-electron chi connectivity index (χ1n) is 18.4. The van der Waals surface area contributed by atoms with Gasteiger partial charge >= 0.3 is 0 Å². The minimum Gasteiger partial charge on any atom is -0.456 e. The van der Waals surface area contributed by atoms with Crippen molar-refractivity contribution in [2.45, 2.75) is 19.3 Å². The fourth-order valence-corrected chi connectivity index (χ4v) is 8.53. The van der Waals surface area contributed by atoms with E-state index in [4.69, 9.17) is 13.8 Å². The van der Waals surface area contributed by atoms with E-state index in [1.54, 1.807) is 0 Å². The third kappa shape index (κ3) is 4.66. The van der Waals surface area contributed by atoms with E-state index in [1.807, 2.05) is 48.5 Å². The number of hydrogen-bond acceptors (Lipinski definition) is 4. The minimum absolute atomic E-state index is 0.114. The van der Waals surface area contributed by atoms with E-state index in [0.717, 1.165) is 77.6 Å². The number of rotatable bonds is 5. The van der Waals surface area contributed by atoms with Crippen molar-refractivity contribution in [3.8, 4) is 33.7 Å². The second-order valence-corrected chi connectivity index (χ2v) is 14.8. The van der Waals surface area contributed by atoms with Crippen LogP contribution < -0.4 is 4.90 Å². The van der Waals surface area contributed by atoms with Crippen molar-refractivity contribution in [3.63, 3.8) is 0 Å². The Kier molecular flexibility index (Phi) is 6.56. The predicted molar refractivity (Wildman–Crippen MR) is 222 cm³/mol. The fraction of sp³-hybridized carbons (Fsp3) is 0.0600. The van der Waals surface area contributed by atoms with Gasteiger partial charge in [-0.05, 0) is 112 Å². The Hall–Kier alpha value is -6.91. The molecule has 4 heteroatoms. The van der Waals surface area contributed by atoms with Crippen molar-refractivity contribution in [3.05, 3.63) is 181 Å². The second kappa shape index (κ2) is 11.5. The molecule has 1 aliphatic carbocycles. The number of anilines is 3. The second-order valence-electron chi connectivity index (χ2n) is 14.8. The molecule has 0 bridgehead atoms. The third-order valence-corrected chi connectivity index (χ3v) is 11.3. The van der Waals surface area contributed by atoms with Crippen LogP contribution in [-0.2, 0) is 5.41 Å². The number of furan rings is 1. The summed E-state index contributed by atoms with van der Waals surface area (Å²) in [5, 5.41) is 4.41. The summed E-state index contributed by atoms with van der Waals surface area (Å²) in [4.78, 5) is 7.13. The summed E-state index contributed by atoms with van der Waals surface area (Å²) in [6.45, 7) is 4.67. The molecule has 0 radical (unpaired) electrons. The first-order chi connectivity index (χ1) is 26.5. The molecule has 0 fully saturated rings. The molecular formula is C50H34N2O2. The van der Waals surface area contributed by atoms with E-state index in [0.29, 0.717) is 5.89 Å². The molecule has 0 saturated carbocycles. The van der Waals surface area contributed by atoms with Crippen LogP contribution in [0.5, 0.6) is 0 Å². The zero-order valence-electron chi connectivity index (χ0n) is 29.9. The highest BCUT2D eigenvalue weighted by Gasteiger charge is 2.35. The van der Waals surface area contributed by atoms with Crippen molar-refractivity contribution in [1.29, 1.82) is 0 Å². The van der Waals surface area contributed by atoms with E-state index < -0.39 is 0 Å². The summed E-state index contributed by atoms with van der Waals surface area (Å²) in [6, 6.07) is 60.2. The highest BCUT2D eigenvalue weighted by atomic mass is 16.3. The summed E-state index contributed by atoms with van der Waals surface area (Å²) in [6.07, 6.45) is 0. The maximum atomic E-state index is 6.39. The lowest BCUT2D eigenvalue weighted by atomic mass is 9.82. The van der Waals surface area contributed by atoms with Crippen molar-refractivity contribution in [1.82, 2.24) is 4.98 Å². The Bertz CT molecular complexity index is 3080. The van der Waals surface area contributed by atoms with E-state index in [2.05, 4.69) is 140 Å². The minimum atomic E-state index is -0.114. The zero-order chi connectivity index (χ0) is 36.0. The molecule has 11 rings (SSSR count). The Morgan fingerprint density at radius 3 is 2.04 bits per heavy atom. The van der Waals surface area contributed by atoms with Gasteiger partial charge in [0, 0.05) is 50.3 Å². The molecule has 8 aromatic carbocycles. The average Bonchev–Trinajstić information content (AvgIpc) is 3.89. The summed E-state index contributed by atoms with van der Waals surface area (Å²) >= 11 is 0. The smallest absolute Gasteiger partial charge is 0.227 e. The van der Waals surface area contributed by atoms with Crippen molar-refractivity contribution in [2.24, 2.45) is 0 Å². The highest BCUT2D eigenvalue weighted by molar-refractivity contribution is 6.07. The van der Waals surface area contributed by atoms with E-state index in [9.17, 15) is 0 Å². The molecule has 0 spiro atoms. The van der Waals surface area contributed by atoms with Gasteiger partial charge in [-0.2, -0.15) is 0 Å². The molecular weight excluding hydrogens is 661 g/mol. The Morgan fingerprint density at radius 2 is 1.15 bits per heavy atom. The topological polar surface area (TPSA) is 42.4 Å². The molecule has 2 aromatic heterocycles. The van der Waals surface area contributed by atoms with Crippen LogP contribution in [-0.4, -0.2) is 4.98 Å². The standard InChI is InChI=1S/C50H34N2O2/c1-50(2)43-14-8-6-12-39(43)40-25-22-36(29-44(40)50)52(37-23-26-42-41-13-7-9-15-46(41)53-47(42)30-37)35-20-16-31(17-21-35)33-18-24-38-34(28-33)19-27-45-48(38)54-49(51-45)32-10-4-3-5-11-32/h3-30H,1-2H3. The van der Waals surface area contributed by atoms with Gasteiger partial charge in [-0.25, -0.2) is 4.98 Å². The van der Waals surface area contributed by atoms with E-state index in [1.165, 1.54) is 22.3 Å². The molecule has 256 valence electrons. The van der Waals surface area contributed by atoms with Crippen LogP contribution in [0.15, 0.2) is 179 Å². The highest BCUT2D eigenvalue weighted by Crippen LogP contribution is 2.51.